The van der Waals surface area contributed by atoms with Crippen LogP contribution in [-0.4, -0.2) is 45.1 Å². The molecule has 0 aromatic carbocycles. The number of nitrogens with one attached hydrogen (secondary N) is 1. The van der Waals surface area contributed by atoms with Gasteiger partial charge in [-0.05, 0) is 68.9 Å². The average Bonchev–Trinajstić information content (AvgIpc) is 3.03. The summed E-state index contributed by atoms with van der Waals surface area (Å²) < 4.78 is 5.59. The summed E-state index contributed by atoms with van der Waals surface area (Å²) in [5.74, 6) is 0.173. The third kappa shape index (κ3) is 4.94. The van der Waals surface area contributed by atoms with Gasteiger partial charge in [-0.3, -0.25) is 9.59 Å². The van der Waals surface area contributed by atoms with Gasteiger partial charge in [0, 0.05) is 19.8 Å². The maximum absolute atomic E-state index is 13.0. The predicted molar refractivity (Wildman–Crippen MR) is 109 cm³/mol. The summed E-state index contributed by atoms with van der Waals surface area (Å²) in [7, 11) is 1.71. The highest BCUT2D eigenvalue weighted by atomic mass is 35.5. The molecule has 1 amide bonds. The summed E-state index contributed by atoms with van der Waals surface area (Å²) in [6, 6.07) is 1.86. The first kappa shape index (κ1) is 21.5. The number of hydrogen-bond donors (Lipinski definition) is 1. The summed E-state index contributed by atoms with van der Waals surface area (Å²) in [6.45, 7) is 6.70. The number of aromatic nitrogens is 3. The number of rotatable bonds is 5. The minimum atomic E-state index is -0.253. The van der Waals surface area contributed by atoms with Gasteiger partial charge in [-0.15, -0.1) is 17.5 Å². The highest BCUT2D eigenvalue weighted by Gasteiger charge is 2.22. The molecule has 1 aliphatic heterocycles. The highest BCUT2D eigenvalue weighted by molar-refractivity contribution is 7.05. The quantitative estimate of drug-likeness (QED) is 0.814. The number of halogens is 1. The first-order chi connectivity index (χ1) is 12.5. The van der Waals surface area contributed by atoms with E-state index in [1.165, 1.54) is 11.5 Å². The second kappa shape index (κ2) is 9.43. The molecule has 1 fully saturated rings. The number of pyridine rings is 1. The first-order valence-corrected chi connectivity index (χ1v) is 9.68. The molecule has 3 rings (SSSR count). The van der Waals surface area contributed by atoms with Crippen LogP contribution in [0.25, 0.3) is 0 Å². The van der Waals surface area contributed by atoms with Crippen LogP contribution in [0.1, 0.15) is 39.3 Å². The number of piperidine rings is 1. The Morgan fingerprint density at radius 2 is 2.22 bits per heavy atom. The van der Waals surface area contributed by atoms with Gasteiger partial charge in [-0.25, -0.2) is 0 Å². The van der Waals surface area contributed by atoms with Crippen molar-refractivity contribution in [1.82, 2.24) is 24.4 Å². The van der Waals surface area contributed by atoms with Crippen molar-refractivity contribution in [2.45, 2.75) is 39.8 Å². The fourth-order valence-electron chi connectivity index (χ4n) is 3.30. The predicted octanol–water partition coefficient (Wildman–Crippen LogP) is 2.01. The van der Waals surface area contributed by atoms with Crippen molar-refractivity contribution in [3.63, 3.8) is 0 Å². The third-order valence-corrected chi connectivity index (χ3v) is 5.72. The SMILES string of the molecule is Cc1ccn(CC2CCCNC2)c(=O)c1C(=O)N(C)Cc1snnc1C.Cl. The van der Waals surface area contributed by atoms with Crippen molar-refractivity contribution < 1.29 is 4.79 Å². The molecular formula is C18H26ClN5O2S. The van der Waals surface area contributed by atoms with Crippen LogP contribution in [0.5, 0.6) is 0 Å². The molecule has 0 bridgehead atoms. The minimum Gasteiger partial charge on any atom is -0.336 e. The van der Waals surface area contributed by atoms with Gasteiger partial charge in [-0.1, -0.05) is 4.49 Å². The zero-order valence-electron chi connectivity index (χ0n) is 15.9. The standard InChI is InChI=1S/C18H25N5O2S.ClH/c1-12-6-8-23(10-14-5-4-7-19-9-14)18(25)16(12)17(24)22(3)11-15-13(2)20-21-26-15;/h6,8,14,19H,4-5,7,9-11H2,1-3H3;1H. The number of aryl methyl sites for hydroxylation is 2. The monoisotopic (exact) mass is 411 g/mol. The molecule has 148 valence electrons. The largest absolute Gasteiger partial charge is 0.336 e. The van der Waals surface area contributed by atoms with Crippen molar-refractivity contribution in [3.05, 3.63) is 44.3 Å². The van der Waals surface area contributed by atoms with Gasteiger partial charge in [0.15, 0.2) is 0 Å². The Bertz CT molecular complexity index is 845. The molecule has 0 saturated carbocycles. The molecule has 9 heteroatoms. The van der Waals surface area contributed by atoms with E-state index in [4.69, 9.17) is 0 Å². The van der Waals surface area contributed by atoms with Gasteiger partial charge in [0.1, 0.15) is 5.56 Å². The molecule has 1 atom stereocenters. The molecule has 0 aliphatic carbocycles. The summed E-state index contributed by atoms with van der Waals surface area (Å²) in [5.41, 5.74) is 1.59. The number of carbonyl (C=O) groups excluding carboxylic acids is 1. The lowest BCUT2D eigenvalue weighted by molar-refractivity contribution is 0.0782. The van der Waals surface area contributed by atoms with Crippen LogP contribution in [0.2, 0.25) is 0 Å². The Morgan fingerprint density at radius 1 is 1.44 bits per heavy atom. The molecule has 1 N–H and O–H groups in total. The van der Waals surface area contributed by atoms with Gasteiger partial charge in [0.25, 0.3) is 11.5 Å². The fraction of sp³-hybridized carbons (Fsp3) is 0.556. The maximum Gasteiger partial charge on any atom is 0.263 e. The van der Waals surface area contributed by atoms with Crippen LogP contribution in [-0.2, 0) is 13.1 Å². The summed E-state index contributed by atoms with van der Waals surface area (Å²) >= 11 is 1.28. The molecule has 2 aromatic rings. The molecule has 1 saturated heterocycles. The van der Waals surface area contributed by atoms with E-state index in [1.54, 1.807) is 22.7 Å². The number of hydrogen-bond acceptors (Lipinski definition) is 6. The van der Waals surface area contributed by atoms with Crippen molar-refractivity contribution >= 4 is 29.8 Å². The number of carbonyl (C=O) groups is 1. The Labute approximate surface area is 169 Å². The lowest BCUT2D eigenvalue weighted by atomic mass is 9.99. The number of amides is 1. The van der Waals surface area contributed by atoms with E-state index in [-0.39, 0.29) is 29.4 Å². The van der Waals surface area contributed by atoms with E-state index in [0.717, 1.165) is 36.5 Å². The highest BCUT2D eigenvalue weighted by Crippen LogP contribution is 2.15. The maximum atomic E-state index is 13.0. The van der Waals surface area contributed by atoms with Crippen molar-refractivity contribution in [3.8, 4) is 0 Å². The third-order valence-electron chi connectivity index (χ3n) is 4.91. The second-order valence-electron chi connectivity index (χ2n) is 6.99. The van der Waals surface area contributed by atoms with E-state index in [9.17, 15) is 9.59 Å². The molecular weight excluding hydrogens is 386 g/mol. The molecule has 3 heterocycles. The van der Waals surface area contributed by atoms with Gasteiger partial charge in [-0.2, -0.15) is 0 Å². The van der Waals surface area contributed by atoms with Crippen LogP contribution in [0, 0.1) is 19.8 Å². The summed E-state index contributed by atoms with van der Waals surface area (Å²) in [6.07, 6.45) is 4.04. The van der Waals surface area contributed by atoms with E-state index >= 15 is 0 Å². The second-order valence-corrected chi connectivity index (χ2v) is 7.83. The Kier molecular flexibility index (Phi) is 7.52. The van der Waals surface area contributed by atoms with Crippen molar-refractivity contribution in [2.75, 3.05) is 20.1 Å². The van der Waals surface area contributed by atoms with Crippen LogP contribution < -0.4 is 10.9 Å². The Hall–Kier alpha value is -1.77. The molecule has 1 unspecified atom stereocenters. The average molecular weight is 412 g/mol. The number of nitrogens with zero attached hydrogens (tertiary/aromatic N) is 4. The van der Waals surface area contributed by atoms with Crippen LogP contribution in [0.3, 0.4) is 0 Å². The fourth-order valence-corrected chi connectivity index (χ4v) is 3.99. The van der Waals surface area contributed by atoms with Gasteiger partial charge < -0.3 is 14.8 Å². The zero-order valence-corrected chi connectivity index (χ0v) is 17.5. The van der Waals surface area contributed by atoms with Crippen LogP contribution in [0.15, 0.2) is 17.1 Å². The smallest absolute Gasteiger partial charge is 0.263 e. The molecule has 0 radical (unpaired) electrons. The van der Waals surface area contributed by atoms with Gasteiger partial charge in [0.05, 0.1) is 17.1 Å². The van der Waals surface area contributed by atoms with Gasteiger partial charge in [0.2, 0.25) is 0 Å². The van der Waals surface area contributed by atoms with Crippen molar-refractivity contribution in [1.29, 1.82) is 0 Å². The Morgan fingerprint density at radius 3 is 2.85 bits per heavy atom. The molecule has 7 nitrogen and oxygen atoms in total. The van der Waals surface area contributed by atoms with E-state index in [2.05, 4.69) is 14.9 Å². The summed E-state index contributed by atoms with van der Waals surface area (Å²) in [5, 5.41) is 7.35. The molecule has 1 aliphatic rings. The normalized spacial score (nSPS) is 16.6. The van der Waals surface area contributed by atoms with Gasteiger partial charge >= 0.3 is 0 Å². The summed E-state index contributed by atoms with van der Waals surface area (Å²) in [4.78, 5) is 28.4. The van der Waals surface area contributed by atoms with E-state index < -0.39 is 0 Å². The minimum absolute atomic E-state index is 0. The lowest BCUT2D eigenvalue weighted by Gasteiger charge is -2.24. The lowest BCUT2D eigenvalue weighted by Crippen LogP contribution is -2.38. The topological polar surface area (TPSA) is 80.1 Å². The first-order valence-electron chi connectivity index (χ1n) is 8.91. The molecule has 2 aromatic heterocycles. The Balaban J connectivity index is 0.00000261. The van der Waals surface area contributed by atoms with Crippen LogP contribution >= 0.6 is 23.9 Å². The van der Waals surface area contributed by atoms with Crippen molar-refractivity contribution in [2.24, 2.45) is 5.92 Å². The molecule has 0 spiro atoms. The zero-order chi connectivity index (χ0) is 18.7. The molecule has 27 heavy (non-hydrogen) atoms. The van der Waals surface area contributed by atoms with Crippen LogP contribution in [0.4, 0.5) is 0 Å². The van der Waals surface area contributed by atoms with E-state index in [0.29, 0.717) is 24.6 Å². The van der Waals surface area contributed by atoms with E-state index in [1.807, 2.05) is 19.9 Å².